The van der Waals surface area contributed by atoms with Gasteiger partial charge in [-0.15, -0.1) is 0 Å². The van der Waals surface area contributed by atoms with E-state index in [0.29, 0.717) is 97.4 Å². The van der Waals surface area contributed by atoms with Gasteiger partial charge in [0.05, 0.1) is 52.9 Å². The molecule has 1 aliphatic rings. The third-order valence-corrected chi connectivity index (χ3v) is 4.87. The lowest BCUT2D eigenvalue weighted by molar-refractivity contribution is 0.00140. The van der Waals surface area contributed by atoms with Crippen LogP contribution in [0.3, 0.4) is 0 Å². The van der Waals surface area contributed by atoms with Crippen molar-refractivity contribution >= 4 is 0 Å². The van der Waals surface area contributed by atoms with Gasteiger partial charge in [0, 0.05) is 18.8 Å². The Kier molecular flexibility index (Phi) is 13.2. The van der Waals surface area contributed by atoms with E-state index in [1.54, 1.807) is 0 Å². The molecule has 2 aromatic rings. The van der Waals surface area contributed by atoms with Crippen molar-refractivity contribution in [2.24, 2.45) is 0 Å². The van der Waals surface area contributed by atoms with E-state index in [9.17, 15) is 0 Å². The molecule has 0 amide bonds. The maximum atomic E-state index is 6.05. The molecule has 3 rings (SSSR count). The Morgan fingerprint density at radius 3 is 1.38 bits per heavy atom. The molecule has 1 aliphatic heterocycles. The fraction of sp³-hybridized carbons (Fsp3) is 0.538. The summed E-state index contributed by atoms with van der Waals surface area (Å²) in [7, 11) is 0. The van der Waals surface area contributed by atoms with E-state index in [4.69, 9.17) is 37.9 Å². The van der Waals surface area contributed by atoms with Crippen molar-refractivity contribution in [1.82, 2.24) is 0 Å². The Morgan fingerprint density at radius 1 is 0.382 bits per heavy atom. The molecule has 8 nitrogen and oxygen atoms in total. The summed E-state index contributed by atoms with van der Waals surface area (Å²) in [5.74, 6) is 2.13. The fourth-order valence-electron chi connectivity index (χ4n) is 3.16. The predicted molar refractivity (Wildman–Crippen MR) is 127 cm³/mol. The lowest BCUT2D eigenvalue weighted by atomic mass is 10.2. The van der Waals surface area contributed by atoms with E-state index < -0.39 is 0 Å². The zero-order valence-electron chi connectivity index (χ0n) is 19.8. The Bertz CT molecular complexity index is 719. The smallest absolute Gasteiger partial charge is 0.161 e. The minimum Gasteiger partial charge on any atom is -0.491 e. The van der Waals surface area contributed by atoms with Crippen molar-refractivity contribution in [3.63, 3.8) is 0 Å². The molecule has 188 valence electrons. The third-order valence-electron chi connectivity index (χ3n) is 4.87. The van der Waals surface area contributed by atoms with Crippen LogP contribution in [0.25, 0.3) is 0 Å². The number of fused-ring (bicyclic) bond motifs is 2. The van der Waals surface area contributed by atoms with Gasteiger partial charge < -0.3 is 37.9 Å². The van der Waals surface area contributed by atoms with Crippen LogP contribution in [0.4, 0.5) is 0 Å². The fourth-order valence-corrected chi connectivity index (χ4v) is 3.16. The van der Waals surface area contributed by atoms with Crippen molar-refractivity contribution in [3.8, 4) is 17.2 Å². The van der Waals surface area contributed by atoms with Crippen LogP contribution in [0.15, 0.2) is 48.5 Å². The van der Waals surface area contributed by atoms with Crippen LogP contribution < -0.4 is 14.2 Å². The third kappa shape index (κ3) is 10.7. The zero-order chi connectivity index (χ0) is 23.5. The first kappa shape index (κ1) is 26.2. The van der Waals surface area contributed by atoms with E-state index in [1.165, 1.54) is 0 Å². The first-order valence-corrected chi connectivity index (χ1v) is 11.9. The SMILES string of the molecule is c1ccc2c(c1)COc1ccccc1OCCOCCOCCCOCCOCCOCCO2. The van der Waals surface area contributed by atoms with Crippen molar-refractivity contribution < 1.29 is 37.9 Å². The van der Waals surface area contributed by atoms with E-state index in [-0.39, 0.29) is 0 Å². The van der Waals surface area contributed by atoms with Gasteiger partial charge in [0.15, 0.2) is 11.5 Å². The second kappa shape index (κ2) is 17.1. The van der Waals surface area contributed by atoms with Gasteiger partial charge in [-0.05, 0) is 24.6 Å². The second-order valence-electron chi connectivity index (χ2n) is 7.46. The Labute approximate surface area is 202 Å². The zero-order valence-corrected chi connectivity index (χ0v) is 19.8. The summed E-state index contributed by atoms with van der Waals surface area (Å²) in [6.07, 6.45) is 0.839. The molecule has 0 N–H and O–H groups in total. The molecular weight excluding hydrogens is 440 g/mol. The molecule has 0 saturated heterocycles. The van der Waals surface area contributed by atoms with Gasteiger partial charge in [0.25, 0.3) is 0 Å². The van der Waals surface area contributed by atoms with Gasteiger partial charge in [-0.25, -0.2) is 0 Å². The van der Waals surface area contributed by atoms with Crippen LogP contribution in [-0.4, -0.2) is 79.3 Å². The number of hydrogen-bond acceptors (Lipinski definition) is 8. The van der Waals surface area contributed by atoms with Crippen LogP contribution in [0, 0.1) is 0 Å². The minimum atomic E-state index is 0.362. The molecule has 0 aliphatic carbocycles. The Balaban J connectivity index is 1.51. The molecule has 0 atom stereocenters. The summed E-state index contributed by atoms with van der Waals surface area (Å²) in [6, 6.07) is 15.4. The Morgan fingerprint density at radius 2 is 0.794 bits per heavy atom. The van der Waals surface area contributed by atoms with Gasteiger partial charge in [-0.3, -0.25) is 0 Å². The van der Waals surface area contributed by atoms with E-state index >= 15 is 0 Å². The molecule has 0 fully saturated rings. The van der Waals surface area contributed by atoms with Gasteiger partial charge in [0.2, 0.25) is 0 Å². The highest BCUT2D eigenvalue weighted by Gasteiger charge is 2.08. The van der Waals surface area contributed by atoms with Gasteiger partial charge in [-0.2, -0.15) is 0 Å². The summed E-state index contributed by atoms with van der Waals surface area (Å²) >= 11 is 0. The first-order valence-electron chi connectivity index (χ1n) is 11.9. The standard InChI is InChI=1S/C26H36O8/c1-2-7-24-23(6-1)22-34-26-9-4-3-8-25(26)33-21-19-30-15-13-28-11-5-10-27-12-14-29-16-17-31-18-20-32-24/h1-4,6-9H,5,10-22H2. The van der Waals surface area contributed by atoms with Crippen molar-refractivity contribution in [1.29, 1.82) is 0 Å². The molecule has 2 aromatic carbocycles. The molecule has 0 radical (unpaired) electrons. The summed E-state index contributed by atoms with van der Waals surface area (Å²) in [5, 5.41) is 0. The summed E-state index contributed by atoms with van der Waals surface area (Å²) in [4.78, 5) is 0. The van der Waals surface area contributed by atoms with Crippen LogP contribution >= 0.6 is 0 Å². The Hall–Kier alpha value is -2.36. The van der Waals surface area contributed by atoms with Crippen molar-refractivity contribution in [2.45, 2.75) is 13.0 Å². The summed E-state index contributed by atoms with van der Waals surface area (Å²) < 4.78 is 45.6. The summed E-state index contributed by atoms with van der Waals surface area (Å²) in [6.45, 7) is 6.70. The highest BCUT2D eigenvalue weighted by Crippen LogP contribution is 2.28. The quantitative estimate of drug-likeness (QED) is 0.572. The van der Waals surface area contributed by atoms with Crippen LogP contribution in [-0.2, 0) is 30.3 Å². The number of ether oxygens (including phenoxy) is 8. The van der Waals surface area contributed by atoms with Crippen LogP contribution in [0.2, 0.25) is 0 Å². The normalized spacial score (nSPS) is 18.8. The largest absolute Gasteiger partial charge is 0.491 e. The van der Waals surface area contributed by atoms with Gasteiger partial charge in [-0.1, -0.05) is 30.3 Å². The maximum absolute atomic E-state index is 6.05. The van der Waals surface area contributed by atoms with Crippen LogP contribution in [0.1, 0.15) is 12.0 Å². The average Bonchev–Trinajstić information content (AvgIpc) is 2.87. The molecule has 0 unspecified atom stereocenters. The molecule has 1 heterocycles. The number of hydrogen-bond donors (Lipinski definition) is 0. The molecule has 8 heteroatoms. The molecule has 34 heavy (non-hydrogen) atoms. The monoisotopic (exact) mass is 476 g/mol. The molecule has 0 spiro atoms. The molecule has 0 aromatic heterocycles. The number of para-hydroxylation sites is 3. The first-order chi connectivity index (χ1) is 16.9. The second-order valence-corrected chi connectivity index (χ2v) is 7.46. The highest BCUT2D eigenvalue weighted by molar-refractivity contribution is 5.40. The van der Waals surface area contributed by atoms with Gasteiger partial charge in [0.1, 0.15) is 25.6 Å². The number of rotatable bonds is 0. The van der Waals surface area contributed by atoms with Crippen molar-refractivity contribution in [2.75, 3.05) is 79.3 Å². The minimum absolute atomic E-state index is 0.362. The molecule has 0 saturated carbocycles. The lowest BCUT2D eigenvalue weighted by Gasteiger charge is -2.15. The molecule has 0 bridgehead atoms. The number of benzene rings is 2. The summed E-state index contributed by atoms with van der Waals surface area (Å²) in [5.41, 5.74) is 0.949. The maximum Gasteiger partial charge on any atom is 0.161 e. The van der Waals surface area contributed by atoms with E-state index in [0.717, 1.165) is 17.7 Å². The van der Waals surface area contributed by atoms with Crippen molar-refractivity contribution in [3.05, 3.63) is 54.1 Å². The lowest BCUT2D eigenvalue weighted by Crippen LogP contribution is -2.14. The van der Waals surface area contributed by atoms with E-state index in [2.05, 4.69) is 0 Å². The molecular formula is C26H36O8. The predicted octanol–water partition coefficient (Wildman–Crippen LogP) is 3.51. The van der Waals surface area contributed by atoms with Crippen LogP contribution in [0.5, 0.6) is 17.2 Å². The van der Waals surface area contributed by atoms with Gasteiger partial charge >= 0.3 is 0 Å². The highest BCUT2D eigenvalue weighted by atomic mass is 16.6. The van der Waals surface area contributed by atoms with E-state index in [1.807, 2.05) is 48.5 Å². The average molecular weight is 477 g/mol. The topological polar surface area (TPSA) is 73.8 Å².